The third kappa shape index (κ3) is 4.59. The van der Waals surface area contributed by atoms with Crippen molar-refractivity contribution in [3.8, 4) is 0 Å². The highest BCUT2D eigenvalue weighted by molar-refractivity contribution is 6.12. The van der Waals surface area contributed by atoms with Crippen LogP contribution in [0, 0.1) is 12.8 Å². The largest absolute Gasteiger partial charge is 0.369 e. The molecule has 3 aromatic heterocycles. The van der Waals surface area contributed by atoms with E-state index in [9.17, 15) is 9.59 Å². The number of hydrogen-bond donors (Lipinski definition) is 2. The van der Waals surface area contributed by atoms with Crippen molar-refractivity contribution >= 4 is 34.4 Å². The average molecular weight is 476 g/mol. The third-order valence-electron chi connectivity index (χ3n) is 6.86. The molecule has 2 amide bonds. The fourth-order valence-corrected chi connectivity index (χ4v) is 4.81. The van der Waals surface area contributed by atoms with Gasteiger partial charge in [0.05, 0.1) is 40.0 Å². The van der Waals surface area contributed by atoms with E-state index in [4.69, 9.17) is 15.8 Å². The van der Waals surface area contributed by atoms with Crippen LogP contribution < -0.4 is 16.0 Å². The summed E-state index contributed by atoms with van der Waals surface area (Å²) in [5.74, 6) is 0.565. The number of carbonyl (C=O) groups is 2. The summed E-state index contributed by atoms with van der Waals surface area (Å²) in [4.78, 5) is 36.6. The van der Waals surface area contributed by atoms with Gasteiger partial charge in [-0.2, -0.15) is 5.10 Å². The van der Waals surface area contributed by atoms with E-state index in [1.54, 1.807) is 6.20 Å². The highest BCUT2D eigenvalue weighted by Crippen LogP contribution is 2.41. The first-order chi connectivity index (χ1) is 16.6. The van der Waals surface area contributed by atoms with E-state index < -0.39 is 0 Å². The number of fused-ring (bicyclic) bond motifs is 1. The summed E-state index contributed by atoms with van der Waals surface area (Å²) in [7, 11) is 0. The Morgan fingerprint density at radius 1 is 1.17 bits per heavy atom. The standard InChI is InChI=1S/C26H33N7O2/c1-15-22-19(12-20(16-7-8-16)30-24(22)33(31-15)26(2,3)4)25(35)29-18-9-10-21(28-13-18)32-11-5-6-17(14-32)23(27)34/h9-10,12-13,16-17H,5-8,11,14H2,1-4H3,(H2,27,34)(H,29,35). The maximum Gasteiger partial charge on any atom is 0.256 e. The number of amides is 2. The maximum atomic E-state index is 13.5. The molecule has 1 aliphatic heterocycles. The van der Waals surface area contributed by atoms with Crippen LogP contribution in [0.5, 0.6) is 0 Å². The Bertz CT molecular complexity index is 1290. The highest BCUT2D eigenvalue weighted by atomic mass is 16.2. The number of nitrogens with zero attached hydrogens (tertiary/aromatic N) is 5. The Morgan fingerprint density at radius 3 is 2.57 bits per heavy atom. The summed E-state index contributed by atoms with van der Waals surface area (Å²) in [5, 5.41) is 8.54. The second-order valence-electron chi connectivity index (χ2n) is 10.8. The van der Waals surface area contributed by atoms with E-state index in [-0.39, 0.29) is 23.3 Å². The number of aryl methyl sites for hydroxylation is 1. The summed E-state index contributed by atoms with van der Waals surface area (Å²) >= 11 is 0. The van der Waals surface area contributed by atoms with Gasteiger partial charge in [0.15, 0.2) is 5.65 Å². The molecule has 2 fully saturated rings. The molecule has 1 unspecified atom stereocenters. The molecule has 35 heavy (non-hydrogen) atoms. The van der Waals surface area contributed by atoms with Crippen molar-refractivity contribution in [2.24, 2.45) is 11.7 Å². The third-order valence-corrected chi connectivity index (χ3v) is 6.86. The molecule has 0 bridgehead atoms. The van der Waals surface area contributed by atoms with E-state index >= 15 is 0 Å². The van der Waals surface area contributed by atoms with Gasteiger partial charge in [0, 0.05) is 24.7 Å². The fraction of sp³-hybridized carbons (Fsp3) is 0.500. The van der Waals surface area contributed by atoms with Crippen molar-refractivity contribution in [2.45, 2.75) is 64.8 Å². The lowest BCUT2D eigenvalue weighted by Crippen LogP contribution is -2.41. The minimum Gasteiger partial charge on any atom is -0.369 e. The predicted molar refractivity (Wildman–Crippen MR) is 136 cm³/mol. The molecule has 4 heterocycles. The molecule has 0 aromatic carbocycles. The summed E-state index contributed by atoms with van der Waals surface area (Å²) in [6.07, 6.45) is 5.57. The van der Waals surface area contributed by atoms with Gasteiger partial charge in [-0.05, 0) is 71.6 Å². The van der Waals surface area contributed by atoms with Crippen molar-refractivity contribution in [1.29, 1.82) is 0 Å². The molecule has 2 aliphatic rings. The van der Waals surface area contributed by atoms with Gasteiger partial charge in [-0.3, -0.25) is 9.59 Å². The molecular weight excluding hydrogens is 442 g/mol. The average Bonchev–Trinajstić information content (AvgIpc) is 3.61. The molecular formula is C26H33N7O2. The highest BCUT2D eigenvalue weighted by Gasteiger charge is 2.30. The van der Waals surface area contributed by atoms with Crippen LogP contribution in [0.25, 0.3) is 11.0 Å². The first-order valence-electron chi connectivity index (χ1n) is 12.3. The van der Waals surface area contributed by atoms with Crippen LogP contribution in [0.15, 0.2) is 24.4 Å². The van der Waals surface area contributed by atoms with E-state index in [1.807, 2.05) is 29.8 Å². The molecule has 0 radical (unpaired) electrons. The van der Waals surface area contributed by atoms with Crippen LogP contribution in [0.3, 0.4) is 0 Å². The van der Waals surface area contributed by atoms with Crippen molar-refractivity contribution in [3.05, 3.63) is 41.3 Å². The van der Waals surface area contributed by atoms with Gasteiger partial charge in [0.2, 0.25) is 5.91 Å². The number of rotatable bonds is 5. The zero-order valence-corrected chi connectivity index (χ0v) is 20.8. The minimum atomic E-state index is -0.266. The van der Waals surface area contributed by atoms with Gasteiger partial charge >= 0.3 is 0 Å². The van der Waals surface area contributed by atoms with Gasteiger partial charge in [-0.1, -0.05) is 0 Å². The molecule has 0 spiro atoms. The summed E-state index contributed by atoms with van der Waals surface area (Å²) in [5.41, 5.74) is 8.96. The normalized spacial score (nSPS) is 18.6. The smallest absolute Gasteiger partial charge is 0.256 e. The predicted octanol–water partition coefficient (Wildman–Crippen LogP) is 3.72. The van der Waals surface area contributed by atoms with E-state index in [0.717, 1.165) is 60.5 Å². The maximum absolute atomic E-state index is 13.5. The zero-order chi connectivity index (χ0) is 24.9. The summed E-state index contributed by atoms with van der Waals surface area (Å²) < 4.78 is 1.93. The summed E-state index contributed by atoms with van der Waals surface area (Å²) in [6.45, 7) is 9.60. The quantitative estimate of drug-likeness (QED) is 0.580. The number of carbonyl (C=O) groups excluding carboxylic acids is 2. The molecule has 9 heteroatoms. The second kappa shape index (κ2) is 8.62. The lowest BCUT2D eigenvalue weighted by molar-refractivity contribution is -0.122. The van der Waals surface area contributed by atoms with Crippen molar-refractivity contribution in [2.75, 3.05) is 23.3 Å². The number of primary amides is 1. The first-order valence-corrected chi connectivity index (χ1v) is 12.3. The van der Waals surface area contributed by atoms with Crippen LogP contribution in [-0.2, 0) is 10.3 Å². The van der Waals surface area contributed by atoms with Crippen LogP contribution in [0.4, 0.5) is 11.5 Å². The van der Waals surface area contributed by atoms with Crippen molar-refractivity contribution < 1.29 is 9.59 Å². The molecule has 3 aromatic rings. The SMILES string of the molecule is Cc1nn(C(C)(C)C)c2nc(C3CC3)cc(C(=O)Nc3ccc(N4CCCC(C(N)=O)C4)nc3)c12. The number of hydrogen-bond acceptors (Lipinski definition) is 6. The van der Waals surface area contributed by atoms with E-state index in [1.165, 1.54) is 0 Å². The van der Waals surface area contributed by atoms with Crippen molar-refractivity contribution in [1.82, 2.24) is 19.7 Å². The number of nitrogens with one attached hydrogen (secondary N) is 1. The van der Waals surface area contributed by atoms with Crippen LogP contribution >= 0.6 is 0 Å². The lowest BCUT2D eigenvalue weighted by atomic mass is 9.97. The van der Waals surface area contributed by atoms with Gasteiger partial charge in [0.25, 0.3) is 5.91 Å². The van der Waals surface area contributed by atoms with Gasteiger partial charge in [-0.15, -0.1) is 0 Å². The molecule has 5 rings (SSSR count). The van der Waals surface area contributed by atoms with Gasteiger partial charge < -0.3 is 16.0 Å². The number of pyridine rings is 2. The second-order valence-corrected chi connectivity index (χ2v) is 10.8. The molecule has 1 atom stereocenters. The fourth-order valence-electron chi connectivity index (χ4n) is 4.81. The summed E-state index contributed by atoms with van der Waals surface area (Å²) in [6, 6.07) is 5.65. The molecule has 184 valence electrons. The minimum absolute atomic E-state index is 0.156. The Morgan fingerprint density at radius 2 is 1.94 bits per heavy atom. The molecule has 1 saturated carbocycles. The van der Waals surface area contributed by atoms with Crippen LogP contribution in [-0.4, -0.2) is 44.7 Å². The number of nitrogens with two attached hydrogens (primary N) is 1. The molecule has 9 nitrogen and oxygen atoms in total. The van der Waals surface area contributed by atoms with Crippen LogP contribution in [0.1, 0.15) is 74.1 Å². The van der Waals surface area contributed by atoms with Crippen LogP contribution in [0.2, 0.25) is 0 Å². The lowest BCUT2D eigenvalue weighted by Gasteiger charge is -2.32. The first kappa shape index (κ1) is 23.3. The van der Waals surface area contributed by atoms with Crippen molar-refractivity contribution in [3.63, 3.8) is 0 Å². The Hall–Kier alpha value is -3.49. The molecule has 1 saturated heterocycles. The Kier molecular flexibility index (Phi) is 5.73. The molecule has 3 N–H and O–H groups in total. The van der Waals surface area contributed by atoms with E-state index in [2.05, 4.69) is 36.0 Å². The molecule has 1 aliphatic carbocycles. The van der Waals surface area contributed by atoms with Gasteiger partial charge in [-0.25, -0.2) is 14.6 Å². The Labute approximate surface area is 205 Å². The monoisotopic (exact) mass is 475 g/mol. The van der Waals surface area contributed by atoms with E-state index in [0.29, 0.717) is 23.7 Å². The zero-order valence-electron chi connectivity index (χ0n) is 20.8. The number of aromatic nitrogens is 4. The number of anilines is 2. The topological polar surface area (TPSA) is 119 Å². The Balaban J connectivity index is 1.42. The van der Waals surface area contributed by atoms with Gasteiger partial charge in [0.1, 0.15) is 5.82 Å². The number of piperidine rings is 1.